The lowest BCUT2D eigenvalue weighted by atomic mass is 9.98. The van der Waals surface area contributed by atoms with Gasteiger partial charge in [0.15, 0.2) is 0 Å². The molecule has 1 saturated heterocycles. The van der Waals surface area contributed by atoms with Crippen LogP contribution in [0.25, 0.3) is 0 Å². The Hall–Kier alpha value is -0.0800. The molecule has 0 amide bonds. The van der Waals surface area contributed by atoms with Gasteiger partial charge in [-0.3, -0.25) is 0 Å². The SMILES string of the molecule is CC(C)(C)COC1CCNC1. The second-order valence-corrected chi connectivity index (χ2v) is 4.49. The molecule has 0 bridgehead atoms. The average molecular weight is 157 g/mol. The lowest BCUT2D eigenvalue weighted by Gasteiger charge is -2.20. The predicted octanol–water partition coefficient (Wildman–Crippen LogP) is 1.41. The molecule has 1 unspecified atom stereocenters. The molecule has 0 radical (unpaired) electrons. The molecule has 1 atom stereocenters. The van der Waals surface area contributed by atoms with E-state index in [9.17, 15) is 0 Å². The fraction of sp³-hybridized carbons (Fsp3) is 1.00. The van der Waals surface area contributed by atoms with Crippen molar-refractivity contribution >= 4 is 0 Å². The van der Waals surface area contributed by atoms with E-state index in [0.29, 0.717) is 11.5 Å². The van der Waals surface area contributed by atoms with Gasteiger partial charge < -0.3 is 10.1 Å². The summed E-state index contributed by atoms with van der Waals surface area (Å²) in [6.45, 7) is 9.64. The molecule has 1 N–H and O–H groups in total. The standard InChI is InChI=1S/C9H19NO/c1-9(2,3)7-11-8-4-5-10-6-8/h8,10H,4-7H2,1-3H3. The van der Waals surface area contributed by atoms with Crippen molar-refractivity contribution in [3.05, 3.63) is 0 Å². The van der Waals surface area contributed by atoms with E-state index in [-0.39, 0.29) is 0 Å². The molecule has 0 saturated carbocycles. The smallest absolute Gasteiger partial charge is 0.0711 e. The maximum atomic E-state index is 5.70. The highest BCUT2D eigenvalue weighted by Crippen LogP contribution is 2.15. The molecule has 2 nitrogen and oxygen atoms in total. The Balaban J connectivity index is 2.11. The third kappa shape index (κ3) is 3.73. The summed E-state index contributed by atoms with van der Waals surface area (Å²) in [7, 11) is 0. The molecule has 2 heteroatoms. The number of nitrogens with one attached hydrogen (secondary N) is 1. The molecule has 0 spiro atoms. The number of rotatable bonds is 2. The first-order valence-electron chi connectivity index (χ1n) is 4.40. The van der Waals surface area contributed by atoms with Gasteiger partial charge in [-0.1, -0.05) is 20.8 Å². The fourth-order valence-electron chi connectivity index (χ4n) is 1.14. The Morgan fingerprint density at radius 3 is 2.64 bits per heavy atom. The van der Waals surface area contributed by atoms with Crippen LogP contribution in [0.15, 0.2) is 0 Å². The summed E-state index contributed by atoms with van der Waals surface area (Å²) in [5.74, 6) is 0. The zero-order valence-corrected chi connectivity index (χ0v) is 7.81. The normalized spacial score (nSPS) is 25.9. The molecule has 0 aromatic carbocycles. The van der Waals surface area contributed by atoms with Crippen molar-refractivity contribution in [2.24, 2.45) is 5.41 Å². The summed E-state index contributed by atoms with van der Waals surface area (Å²) in [6.07, 6.45) is 1.64. The second kappa shape index (κ2) is 3.55. The molecule has 0 aromatic rings. The third-order valence-electron chi connectivity index (χ3n) is 1.77. The third-order valence-corrected chi connectivity index (χ3v) is 1.77. The lowest BCUT2D eigenvalue weighted by Crippen LogP contribution is -2.23. The van der Waals surface area contributed by atoms with Gasteiger partial charge in [0.05, 0.1) is 12.7 Å². The van der Waals surface area contributed by atoms with E-state index < -0.39 is 0 Å². The van der Waals surface area contributed by atoms with Crippen LogP contribution in [0.1, 0.15) is 27.2 Å². The maximum absolute atomic E-state index is 5.70. The van der Waals surface area contributed by atoms with Crippen molar-refractivity contribution in [2.75, 3.05) is 19.7 Å². The van der Waals surface area contributed by atoms with Gasteiger partial charge >= 0.3 is 0 Å². The molecule has 1 aliphatic rings. The molecular weight excluding hydrogens is 138 g/mol. The van der Waals surface area contributed by atoms with Crippen LogP contribution in [0.4, 0.5) is 0 Å². The number of hydrogen-bond acceptors (Lipinski definition) is 2. The summed E-state index contributed by atoms with van der Waals surface area (Å²) < 4.78 is 5.70. The van der Waals surface area contributed by atoms with E-state index in [1.807, 2.05) is 0 Å². The van der Waals surface area contributed by atoms with Gasteiger partial charge in [0, 0.05) is 6.54 Å². The van der Waals surface area contributed by atoms with Crippen LogP contribution in [0.2, 0.25) is 0 Å². The Morgan fingerprint density at radius 2 is 2.18 bits per heavy atom. The van der Waals surface area contributed by atoms with E-state index in [1.165, 1.54) is 6.42 Å². The summed E-state index contributed by atoms with van der Waals surface area (Å²) >= 11 is 0. The molecule has 1 rings (SSSR count). The Bertz CT molecular complexity index is 111. The van der Waals surface area contributed by atoms with Crippen molar-refractivity contribution in [3.63, 3.8) is 0 Å². The first kappa shape index (κ1) is 9.01. The van der Waals surface area contributed by atoms with Gasteiger partial charge in [-0.15, -0.1) is 0 Å². The van der Waals surface area contributed by atoms with Gasteiger partial charge in [-0.05, 0) is 18.4 Å². The number of ether oxygens (including phenoxy) is 1. The maximum Gasteiger partial charge on any atom is 0.0711 e. The van der Waals surface area contributed by atoms with Gasteiger partial charge in [-0.2, -0.15) is 0 Å². The quantitative estimate of drug-likeness (QED) is 0.654. The van der Waals surface area contributed by atoms with E-state index in [2.05, 4.69) is 26.1 Å². The highest BCUT2D eigenvalue weighted by Gasteiger charge is 2.18. The zero-order valence-electron chi connectivity index (χ0n) is 7.81. The van der Waals surface area contributed by atoms with Crippen molar-refractivity contribution in [2.45, 2.75) is 33.3 Å². The first-order valence-corrected chi connectivity index (χ1v) is 4.40. The second-order valence-electron chi connectivity index (χ2n) is 4.49. The summed E-state index contributed by atoms with van der Waals surface area (Å²) in [6, 6.07) is 0. The van der Waals surface area contributed by atoms with Crippen LogP contribution >= 0.6 is 0 Å². The molecule has 1 fully saturated rings. The average Bonchev–Trinajstić information content (AvgIpc) is 2.32. The minimum absolute atomic E-state index is 0.308. The van der Waals surface area contributed by atoms with Crippen LogP contribution in [0.5, 0.6) is 0 Å². The van der Waals surface area contributed by atoms with Gasteiger partial charge in [-0.25, -0.2) is 0 Å². The molecule has 1 aliphatic heterocycles. The molecule has 1 heterocycles. The van der Waals surface area contributed by atoms with Gasteiger partial charge in [0.25, 0.3) is 0 Å². The van der Waals surface area contributed by atoms with Crippen LogP contribution in [0.3, 0.4) is 0 Å². The summed E-state index contributed by atoms with van der Waals surface area (Å²) in [5, 5.41) is 3.28. The zero-order chi connectivity index (χ0) is 8.32. The Kier molecular flexibility index (Phi) is 2.90. The van der Waals surface area contributed by atoms with Crippen LogP contribution < -0.4 is 5.32 Å². The van der Waals surface area contributed by atoms with Crippen molar-refractivity contribution in [3.8, 4) is 0 Å². The topological polar surface area (TPSA) is 21.3 Å². The van der Waals surface area contributed by atoms with Gasteiger partial charge in [0.1, 0.15) is 0 Å². The van der Waals surface area contributed by atoms with Crippen molar-refractivity contribution in [1.82, 2.24) is 5.32 Å². The fourth-order valence-corrected chi connectivity index (χ4v) is 1.14. The monoisotopic (exact) mass is 157 g/mol. The van der Waals surface area contributed by atoms with E-state index in [1.54, 1.807) is 0 Å². The largest absolute Gasteiger partial charge is 0.376 e. The minimum Gasteiger partial charge on any atom is -0.376 e. The van der Waals surface area contributed by atoms with Crippen LogP contribution in [-0.2, 0) is 4.74 Å². The molecule has 66 valence electrons. The molecular formula is C9H19NO. The minimum atomic E-state index is 0.308. The first-order chi connectivity index (χ1) is 5.08. The van der Waals surface area contributed by atoms with Crippen molar-refractivity contribution in [1.29, 1.82) is 0 Å². The van der Waals surface area contributed by atoms with E-state index in [4.69, 9.17) is 4.74 Å². The number of hydrogen-bond donors (Lipinski definition) is 1. The van der Waals surface area contributed by atoms with Crippen LogP contribution in [0, 0.1) is 5.41 Å². The van der Waals surface area contributed by atoms with E-state index >= 15 is 0 Å². The Labute approximate surface area is 69.3 Å². The highest BCUT2D eigenvalue weighted by molar-refractivity contribution is 4.72. The van der Waals surface area contributed by atoms with Gasteiger partial charge in [0.2, 0.25) is 0 Å². The molecule has 0 aliphatic carbocycles. The van der Waals surface area contributed by atoms with Crippen molar-refractivity contribution < 1.29 is 4.74 Å². The van der Waals surface area contributed by atoms with Crippen LogP contribution in [-0.4, -0.2) is 25.8 Å². The molecule has 11 heavy (non-hydrogen) atoms. The Morgan fingerprint density at radius 1 is 1.45 bits per heavy atom. The summed E-state index contributed by atoms with van der Waals surface area (Å²) in [5.41, 5.74) is 0.308. The molecule has 0 aromatic heterocycles. The highest BCUT2D eigenvalue weighted by atomic mass is 16.5. The van der Waals surface area contributed by atoms with E-state index in [0.717, 1.165) is 19.7 Å². The predicted molar refractivity (Wildman–Crippen MR) is 46.7 cm³/mol. The summed E-state index contributed by atoms with van der Waals surface area (Å²) in [4.78, 5) is 0. The lowest BCUT2D eigenvalue weighted by molar-refractivity contribution is 0.0196.